The van der Waals surface area contributed by atoms with Gasteiger partial charge in [0.1, 0.15) is 0 Å². The van der Waals surface area contributed by atoms with Gasteiger partial charge in [0.25, 0.3) is 6.71 Å². The third-order valence-electron chi connectivity index (χ3n) is 18.6. The van der Waals surface area contributed by atoms with Crippen molar-refractivity contribution in [2.45, 2.75) is 105 Å². The molecule has 2 aliphatic rings. The Hall–Kier alpha value is -9.58. The molecule has 0 unspecified atom stereocenters. The monoisotopic (exact) mass is 1150 g/mol. The average molecular weight is 1160 g/mol. The molecule has 1 aromatic heterocycles. The number of benzene rings is 11. The van der Waals surface area contributed by atoms with E-state index in [2.05, 4.69) is 363 Å². The van der Waals surface area contributed by atoms with Crippen LogP contribution in [0.5, 0.6) is 0 Å². The molecule has 438 valence electrons. The summed E-state index contributed by atoms with van der Waals surface area (Å²) < 4.78 is 2.61. The van der Waals surface area contributed by atoms with Crippen molar-refractivity contribution in [3.63, 3.8) is 0 Å². The molecule has 0 fully saturated rings. The van der Waals surface area contributed by atoms with Gasteiger partial charge in [-0.25, -0.2) is 0 Å². The Morgan fingerprint density at radius 3 is 1.31 bits per heavy atom. The first kappa shape index (κ1) is 57.2. The average Bonchev–Trinajstić information content (AvgIpc) is 1.66. The van der Waals surface area contributed by atoms with Gasteiger partial charge in [-0.1, -0.05) is 253 Å². The lowest BCUT2D eigenvalue weighted by Crippen LogP contribution is -2.63. The first-order valence-corrected chi connectivity index (χ1v) is 31.8. The summed E-state index contributed by atoms with van der Waals surface area (Å²) in [5.74, 6) is 0. The molecule has 0 spiro atoms. The van der Waals surface area contributed by atoms with Crippen LogP contribution in [0.3, 0.4) is 0 Å². The fourth-order valence-corrected chi connectivity index (χ4v) is 13.8. The summed E-state index contributed by atoms with van der Waals surface area (Å²) in [7, 11) is 0. The third kappa shape index (κ3) is 10.2. The highest BCUT2D eigenvalue weighted by Crippen LogP contribution is 2.52. The van der Waals surface area contributed by atoms with Crippen molar-refractivity contribution in [1.82, 2.24) is 4.57 Å². The van der Waals surface area contributed by atoms with Gasteiger partial charge >= 0.3 is 0 Å². The highest BCUT2D eigenvalue weighted by atomic mass is 15.2. The summed E-state index contributed by atoms with van der Waals surface area (Å²) in [5, 5.41) is 1.22. The predicted octanol–water partition coefficient (Wildman–Crippen LogP) is 21.4. The van der Waals surface area contributed by atoms with Crippen molar-refractivity contribution in [3.05, 3.63) is 283 Å². The Morgan fingerprint density at radius 2 is 0.764 bits per heavy atom. The van der Waals surface area contributed by atoms with Crippen LogP contribution in [0.25, 0.3) is 50.0 Å². The zero-order valence-corrected chi connectivity index (χ0v) is 53.7. The van der Waals surface area contributed by atoms with Crippen LogP contribution < -0.4 is 31.2 Å². The van der Waals surface area contributed by atoms with Gasteiger partial charge in [0, 0.05) is 62.0 Å². The van der Waals surface area contributed by atoms with E-state index in [1.165, 1.54) is 77.6 Å². The number of fused-ring (bicyclic) bond motifs is 6. The predicted molar refractivity (Wildman–Crippen MR) is 383 cm³/mol. The molecule has 12 aromatic rings. The van der Waals surface area contributed by atoms with Gasteiger partial charge in [0.15, 0.2) is 0 Å². The zero-order chi connectivity index (χ0) is 61.7. The minimum Gasteiger partial charge on any atom is -0.319 e. The topological polar surface area (TPSA) is 14.7 Å². The van der Waals surface area contributed by atoms with Crippen LogP contribution in [0, 0.1) is 0 Å². The number of para-hydroxylation sites is 2. The van der Waals surface area contributed by atoms with E-state index in [0.717, 1.165) is 62.3 Å². The molecule has 0 radical (unpaired) electrons. The van der Waals surface area contributed by atoms with Crippen molar-refractivity contribution in [2.75, 3.05) is 14.7 Å². The van der Waals surface area contributed by atoms with E-state index in [9.17, 15) is 0 Å². The van der Waals surface area contributed by atoms with Gasteiger partial charge in [-0.15, -0.1) is 0 Å². The van der Waals surface area contributed by atoms with Crippen molar-refractivity contribution >= 4 is 85.3 Å². The van der Waals surface area contributed by atoms with E-state index in [0.29, 0.717) is 0 Å². The fourth-order valence-electron chi connectivity index (χ4n) is 13.8. The van der Waals surface area contributed by atoms with Crippen molar-refractivity contribution in [1.29, 1.82) is 0 Å². The molecule has 0 N–H and O–H groups in total. The lowest BCUT2D eigenvalue weighted by molar-refractivity contribution is 0.590. The molecule has 11 aromatic carbocycles. The molecule has 2 aliphatic heterocycles. The lowest BCUT2D eigenvalue weighted by atomic mass is 9.34. The Labute approximate surface area is 528 Å². The van der Waals surface area contributed by atoms with Crippen LogP contribution in [-0.2, 0) is 21.7 Å². The smallest absolute Gasteiger partial charge is 0.273 e. The molecular weight excluding hydrogens is 1080 g/mol. The van der Waals surface area contributed by atoms with Gasteiger partial charge in [-0.05, 0) is 174 Å². The quantitative estimate of drug-likeness (QED) is 0.134. The van der Waals surface area contributed by atoms with Crippen LogP contribution in [0.15, 0.2) is 261 Å². The van der Waals surface area contributed by atoms with E-state index in [-0.39, 0.29) is 28.4 Å². The van der Waals surface area contributed by atoms with E-state index in [4.69, 9.17) is 0 Å². The van der Waals surface area contributed by atoms with E-state index < -0.39 is 0 Å². The van der Waals surface area contributed by atoms with Crippen LogP contribution in [-0.4, -0.2) is 11.3 Å². The normalized spacial score (nSPS) is 13.1. The van der Waals surface area contributed by atoms with Crippen LogP contribution in [0.1, 0.15) is 105 Å². The maximum atomic E-state index is 2.64. The Balaban J connectivity index is 1.14. The summed E-state index contributed by atoms with van der Waals surface area (Å²) in [6.07, 6.45) is 0. The number of nitrogens with zero attached hydrogens (tertiary/aromatic N) is 4. The van der Waals surface area contributed by atoms with E-state index >= 15 is 0 Å². The van der Waals surface area contributed by atoms with Crippen molar-refractivity contribution in [2.24, 2.45) is 0 Å². The number of aromatic nitrogens is 1. The minimum atomic E-state index is -0.227. The molecule has 3 heterocycles. The number of hydrogen-bond acceptors (Lipinski definition) is 3. The van der Waals surface area contributed by atoms with Crippen molar-refractivity contribution in [3.8, 4) is 39.1 Å². The van der Waals surface area contributed by atoms with Crippen LogP contribution >= 0.6 is 0 Å². The molecule has 5 heteroatoms. The number of hydrogen-bond donors (Lipinski definition) is 0. The fraction of sp³-hybridized carbons (Fsp3) is 0.190. The summed E-state index contributed by atoms with van der Waals surface area (Å²) in [5.41, 5.74) is 28.1. The molecule has 89 heavy (non-hydrogen) atoms. The second-order valence-corrected chi connectivity index (χ2v) is 28.7. The molecule has 0 saturated heterocycles. The van der Waals surface area contributed by atoms with E-state index in [1.54, 1.807) is 0 Å². The number of anilines is 9. The van der Waals surface area contributed by atoms with Gasteiger partial charge in [-0.3, -0.25) is 0 Å². The van der Waals surface area contributed by atoms with Gasteiger partial charge < -0.3 is 19.3 Å². The zero-order valence-electron chi connectivity index (χ0n) is 53.7. The molecular formula is C84H79BN4. The SMILES string of the molecule is CC(C)(C)c1ccc(N(c2ccc3c(c2)N(c2ccc(C(C)(C)C)cc2)c2cc(-c4ccccc4-c4ccccc4)cc4c2B3c2c(c3cc(C(C)(C)C)ccc3n2-c2ccccc2)N4c2ccc(C(C)(C)C)cc2)c2ccccc2-c2ccccc2)cc1. The standard InChI is InChI=1S/C84H79BN4/c1-81(2,3)59-36-43-64(44-37-59)86(73-35-25-24-34-70(73)57-28-18-14-19-29-57)67-49-50-72-75(55-67)87(65-45-38-60(39-46-65)82(4,5)6)76-52-58(69-33-23-22-32-68(69)56-26-16-13-17-27-56)53-77-78(76)85(72)80-79(88(77)66-47-40-61(41-48-66)83(7,8)9)71-54-62(84(10,11)12)42-51-74(71)89(80)63-30-20-15-21-31-63/h13-55H,1-12H3. The molecule has 0 atom stereocenters. The third-order valence-corrected chi connectivity index (χ3v) is 18.6. The summed E-state index contributed by atoms with van der Waals surface area (Å²) in [4.78, 5) is 7.75. The second kappa shape index (κ2) is 21.6. The lowest BCUT2D eigenvalue weighted by Gasteiger charge is -2.44. The van der Waals surface area contributed by atoms with Gasteiger partial charge in [0.05, 0.1) is 16.9 Å². The summed E-state index contributed by atoms with van der Waals surface area (Å²) in [6, 6.07) is 98.7. The minimum absolute atomic E-state index is 0.0201. The Bertz CT molecular complexity index is 4610. The van der Waals surface area contributed by atoms with Crippen LogP contribution in [0.4, 0.5) is 51.2 Å². The largest absolute Gasteiger partial charge is 0.319 e. The summed E-state index contributed by atoms with van der Waals surface area (Å²) >= 11 is 0. The van der Waals surface area contributed by atoms with Gasteiger partial charge in [0.2, 0.25) is 0 Å². The summed E-state index contributed by atoms with van der Waals surface area (Å²) in [6.45, 7) is 27.6. The molecule has 0 amide bonds. The molecule has 0 aliphatic carbocycles. The Morgan fingerprint density at radius 1 is 0.326 bits per heavy atom. The van der Waals surface area contributed by atoms with E-state index in [1.807, 2.05) is 0 Å². The van der Waals surface area contributed by atoms with Crippen LogP contribution in [0.2, 0.25) is 0 Å². The molecule has 0 bridgehead atoms. The number of rotatable bonds is 9. The van der Waals surface area contributed by atoms with Gasteiger partial charge in [-0.2, -0.15) is 0 Å². The first-order valence-electron chi connectivity index (χ1n) is 31.8. The maximum absolute atomic E-state index is 2.64. The highest BCUT2D eigenvalue weighted by molar-refractivity contribution is 7.00. The molecule has 4 nitrogen and oxygen atoms in total. The second-order valence-electron chi connectivity index (χ2n) is 28.7. The van der Waals surface area contributed by atoms with Crippen molar-refractivity contribution < 1.29 is 0 Å². The Kier molecular flexibility index (Phi) is 13.9. The highest BCUT2D eigenvalue weighted by Gasteiger charge is 2.48. The maximum Gasteiger partial charge on any atom is 0.273 e. The molecule has 0 saturated carbocycles. The molecule has 14 rings (SSSR count). The first-order chi connectivity index (χ1) is 42.7.